The maximum Gasteiger partial charge on any atom is 0.261 e. The van der Waals surface area contributed by atoms with E-state index in [2.05, 4.69) is 10.0 Å². The van der Waals surface area contributed by atoms with Crippen LogP contribution in [0.25, 0.3) is 0 Å². The molecule has 1 saturated heterocycles. The van der Waals surface area contributed by atoms with Crippen LogP contribution in [0.5, 0.6) is 0 Å². The fraction of sp³-hybridized carbons (Fsp3) is 0.296. The minimum atomic E-state index is -3.76. The highest BCUT2D eigenvalue weighted by molar-refractivity contribution is 7.92. The number of hydrogen-bond donors (Lipinski definition) is 2. The molecule has 196 valence electrons. The van der Waals surface area contributed by atoms with Gasteiger partial charge in [-0.1, -0.05) is 48.5 Å². The molecule has 1 heterocycles. The minimum absolute atomic E-state index is 0.0448. The van der Waals surface area contributed by atoms with E-state index in [1.165, 1.54) is 28.6 Å². The number of hydrogen-bond acceptors (Lipinski definition) is 5. The van der Waals surface area contributed by atoms with E-state index in [-0.39, 0.29) is 23.1 Å². The highest BCUT2D eigenvalue weighted by Crippen LogP contribution is 2.23. The second-order valence-electron chi connectivity index (χ2n) is 9.09. The van der Waals surface area contributed by atoms with E-state index < -0.39 is 26.0 Å². The first-order chi connectivity index (χ1) is 17.7. The molecule has 0 aromatic heterocycles. The van der Waals surface area contributed by atoms with Crippen LogP contribution in [0.1, 0.15) is 24.8 Å². The number of benzene rings is 3. The zero-order valence-electron chi connectivity index (χ0n) is 20.4. The van der Waals surface area contributed by atoms with Crippen molar-refractivity contribution in [2.24, 2.45) is 5.92 Å². The lowest BCUT2D eigenvalue weighted by molar-refractivity contribution is -0.120. The highest BCUT2D eigenvalue weighted by atomic mass is 32.2. The summed E-state index contributed by atoms with van der Waals surface area (Å²) in [7, 11) is -7.23. The summed E-state index contributed by atoms with van der Waals surface area (Å²) in [5.41, 5.74) is 2.01. The first-order valence-electron chi connectivity index (χ1n) is 12.2. The van der Waals surface area contributed by atoms with Crippen molar-refractivity contribution in [3.05, 3.63) is 90.5 Å². The van der Waals surface area contributed by atoms with Crippen molar-refractivity contribution in [3.63, 3.8) is 0 Å². The Hall–Kier alpha value is -3.21. The Labute approximate surface area is 218 Å². The molecule has 1 amide bonds. The largest absolute Gasteiger partial charge is 0.326 e. The summed E-state index contributed by atoms with van der Waals surface area (Å²) in [6, 6.07) is 24.2. The summed E-state index contributed by atoms with van der Waals surface area (Å²) in [5.74, 6) is -0.702. The van der Waals surface area contributed by atoms with Crippen LogP contribution in [0, 0.1) is 5.92 Å². The van der Waals surface area contributed by atoms with Gasteiger partial charge in [0.05, 0.1) is 16.6 Å². The monoisotopic (exact) mass is 541 g/mol. The number of sulfonamides is 2. The van der Waals surface area contributed by atoms with Crippen LogP contribution in [-0.2, 0) is 31.3 Å². The van der Waals surface area contributed by atoms with Gasteiger partial charge in [-0.15, -0.1) is 0 Å². The van der Waals surface area contributed by atoms with Crippen LogP contribution in [0.2, 0.25) is 0 Å². The summed E-state index contributed by atoms with van der Waals surface area (Å²) in [6.07, 6.45) is 2.41. The van der Waals surface area contributed by atoms with E-state index in [1.807, 2.05) is 30.3 Å². The number of rotatable bonds is 10. The molecule has 0 aliphatic carbocycles. The van der Waals surface area contributed by atoms with Gasteiger partial charge in [-0.25, -0.2) is 21.1 Å². The van der Waals surface area contributed by atoms with Gasteiger partial charge in [0.25, 0.3) is 10.0 Å². The molecule has 10 heteroatoms. The van der Waals surface area contributed by atoms with Crippen LogP contribution in [0.4, 0.5) is 11.4 Å². The molecule has 3 aromatic rings. The van der Waals surface area contributed by atoms with Crippen LogP contribution in [0.3, 0.4) is 0 Å². The van der Waals surface area contributed by atoms with Crippen molar-refractivity contribution in [3.8, 4) is 0 Å². The molecule has 4 rings (SSSR count). The normalized spacial score (nSPS) is 16.7. The van der Waals surface area contributed by atoms with Crippen LogP contribution >= 0.6 is 0 Å². The first-order valence-corrected chi connectivity index (χ1v) is 15.3. The predicted molar refractivity (Wildman–Crippen MR) is 145 cm³/mol. The van der Waals surface area contributed by atoms with Gasteiger partial charge in [-0.3, -0.25) is 9.52 Å². The SMILES string of the molecule is O=C(Nc1ccc(S(=O)(=O)Nc2ccccc2)cc1)[C@@H]1CCCN(S(=O)(=O)CCCc2ccccc2)C1. The van der Waals surface area contributed by atoms with E-state index in [4.69, 9.17) is 0 Å². The minimum Gasteiger partial charge on any atom is -0.326 e. The summed E-state index contributed by atoms with van der Waals surface area (Å²) >= 11 is 0. The average molecular weight is 542 g/mol. The number of nitrogens with zero attached hydrogens (tertiary/aromatic N) is 1. The van der Waals surface area contributed by atoms with Gasteiger partial charge < -0.3 is 5.32 Å². The highest BCUT2D eigenvalue weighted by Gasteiger charge is 2.32. The molecule has 1 atom stereocenters. The molecule has 1 fully saturated rings. The van der Waals surface area contributed by atoms with Gasteiger partial charge in [0.15, 0.2) is 0 Å². The van der Waals surface area contributed by atoms with Crippen molar-refractivity contribution in [2.75, 3.05) is 28.9 Å². The summed E-state index contributed by atoms with van der Waals surface area (Å²) in [4.78, 5) is 13.0. The smallest absolute Gasteiger partial charge is 0.261 e. The third-order valence-corrected chi connectivity index (χ3v) is 9.64. The molecular formula is C27H31N3O5S2. The Balaban J connectivity index is 1.31. The zero-order chi connectivity index (χ0) is 26.3. The molecule has 8 nitrogen and oxygen atoms in total. The standard InChI is InChI=1S/C27H31N3O5S2/c31-27(28-24-15-17-26(18-16-24)37(34,35)29-25-13-5-2-6-14-25)23-12-7-19-30(21-23)36(32,33)20-8-11-22-9-3-1-4-10-22/h1-6,9-10,13-18,23,29H,7-8,11-12,19-21H2,(H,28,31)/t23-/m1/s1. The number of nitrogens with one attached hydrogen (secondary N) is 2. The van der Waals surface area contributed by atoms with Crippen molar-refractivity contribution in [1.82, 2.24) is 4.31 Å². The van der Waals surface area contributed by atoms with Crippen LogP contribution in [0.15, 0.2) is 89.8 Å². The molecule has 0 unspecified atom stereocenters. The number of amides is 1. The van der Waals surface area contributed by atoms with Gasteiger partial charge in [-0.05, 0) is 67.6 Å². The molecule has 1 aliphatic heterocycles. The lowest BCUT2D eigenvalue weighted by atomic mass is 9.99. The van der Waals surface area contributed by atoms with Crippen molar-refractivity contribution < 1.29 is 21.6 Å². The van der Waals surface area contributed by atoms with Crippen molar-refractivity contribution >= 4 is 37.3 Å². The molecule has 0 spiro atoms. The summed E-state index contributed by atoms with van der Waals surface area (Å²) in [6.45, 7) is 0.561. The lowest BCUT2D eigenvalue weighted by Crippen LogP contribution is -2.44. The third kappa shape index (κ3) is 7.41. The molecule has 0 bridgehead atoms. The van der Waals surface area contributed by atoms with Gasteiger partial charge >= 0.3 is 0 Å². The molecule has 1 aliphatic rings. The quantitative estimate of drug-likeness (QED) is 0.401. The molecule has 37 heavy (non-hydrogen) atoms. The van der Waals surface area contributed by atoms with Gasteiger partial charge in [-0.2, -0.15) is 0 Å². The Kier molecular flexibility index (Phi) is 8.63. The summed E-state index contributed by atoms with van der Waals surface area (Å²) < 4.78 is 54.9. The van der Waals surface area contributed by atoms with Gasteiger partial charge in [0.1, 0.15) is 0 Å². The number of anilines is 2. The molecular weight excluding hydrogens is 510 g/mol. The molecule has 2 N–H and O–H groups in total. The fourth-order valence-electron chi connectivity index (χ4n) is 4.32. The lowest BCUT2D eigenvalue weighted by Gasteiger charge is -2.31. The average Bonchev–Trinajstić information content (AvgIpc) is 2.90. The maximum atomic E-state index is 12.9. The van der Waals surface area contributed by atoms with E-state index >= 15 is 0 Å². The van der Waals surface area contributed by atoms with E-state index in [9.17, 15) is 21.6 Å². The topological polar surface area (TPSA) is 113 Å². The first kappa shape index (κ1) is 26.8. The number of aryl methyl sites for hydroxylation is 1. The summed E-state index contributed by atoms with van der Waals surface area (Å²) in [5, 5.41) is 2.80. The Morgan fingerprint density at radius 1 is 0.838 bits per heavy atom. The number of carbonyl (C=O) groups excluding carboxylic acids is 1. The van der Waals surface area contributed by atoms with E-state index in [1.54, 1.807) is 30.3 Å². The van der Waals surface area contributed by atoms with Crippen molar-refractivity contribution in [2.45, 2.75) is 30.6 Å². The molecule has 0 saturated carbocycles. The van der Waals surface area contributed by atoms with Gasteiger partial charge in [0.2, 0.25) is 15.9 Å². The Bertz CT molecular complexity index is 1400. The van der Waals surface area contributed by atoms with Gasteiger partial charge in [0, 0.05) is 24.5 Å². The molecule has 0 radical (unpaired) electrons. The predicted octanol–water partition coefficient (Wildman–Crippen LogP) is 4.10. The van der Waals surface area contributed by atoms with Crippen molar-refractivity contribution in [1.29, 1.82) is 0 Å². The van der Waals surface area contributed by atoms with Crippen LogP contribution in [-0.4, -0.2) is 45.9 Å². The third-order valence-electron chi connectivity index (χ3n) is 6.32. The van der Waals surface area contributed by atoms with E-state index in [0.29, 0.717) is 43.6 Å². The fourth-order valence-corrected chi connectivity index (χ4v) is 6.96. The number of para-hydroxylation sites is 1. The van der Waals surface area contributed by atoms with E-state index in [0.717, 1.165) is 5.56 Å². The molecule has 3 aromatic carbocycles. The Morgan fingerprint density at radius 2 is 1.49 bits per heavy atom. The second kappa shape index (κ2) is 11.9. The maximum absolute atomic E-state index is 12.9. The Morgan fingerprint density at radius 3 is 2.16 bits per heavy atom. The second-order valence-corrected chi connectivity index (χ2v) is 12.9. The zero-order valence-corrected chi connectivity index (χ0v) is 22.0. The van der Waals surface area contributed by atoms with Crippen LogP contribution < -0.4 is 10.0 Å². The number of carbonyl (C=O) groups is 1. The number of piperidine rings is 1.